The van der Waals surface area contributed by atoms with Gasteiger partial charge in [-0.3, -0.25) is 0 Å². The van der Waals surface area contributed by atoms with Gasteiger partial charge < -0.3 is 10.0 Å². The first-order chi connectivity index (χ1) is 8.02. The quantitative estimate of drug-likeness (QED) is 0.819. The Morgan fingerprint density at radius 2 is 1.71 bits per heavy atom. The van der Waals surface area contributed by atoms with E-state index in [9.17, 15) is 5.11 Å². The van der Waals surface area contributed by atoms with E-state index >= 15 is 0 Å². The molecule has 0 spiro atoms. The van der Waals surface area contributed by atoms with Gasteiger partial charge in [-0.25, -0.2) is 0 Å². The molecule has 0 aliphatic heterocycles. The zero-order chi connectivity index (χ0) is 12.8. The van der Waals surface area contributed by atoms with Gasteiger partial charge >= 0.3 is 0 Å². The van der Waals surface area contributed by atoms with Gasteiger partial charge in [-0.1, -0.05) is 36.2 Å². The Labute approximate surface area is 105 Å². The minimum Gasteiger partial charge on any atom is -0.388 e. The number of aryl methyl sites for hydroxylation is 2. The van der Waals surface area contributed by atoms with Gasteiger partial charge in [0.2, 0.25) is 0 Å². The normalized spacial score (nSPS) is 13.1. The summed E-state index contributed by atoms with van der Waals surface area (Å²) >= 11 is 0. The predicted molar refractivity (Wildman–Crippen MR) is 73.3 cm³/mol. The van der Waals surface area contributed by atoms with Crippen LogP contribution in [0.4, 0.5) is 0 Å². The molecule has 1 rings (SSSR count). The summed E-state index contributed by atoms with van der Waals surface area (Å²) in [5, 5.41) is 10.2. The maximum Gasteiger partial charge on any atom is 0.0802 e. The molecule has 1 unspecified atom stereocenters. The lowest BCUT2D eigenvalue weighted by atomic mass is 10.0. The van der Waals surface area contributed by atoms with Crippen LogP contribution in [0.25, 0.3) is 0 Å². The largest absolute Gasteiger partial charge is 0.388 e. The second kappa shape index (κ2) is 6.77. The summed E-state index contributed by atoms with van der Waals surface area (Å²) < 4.78 is 0. The first kappa shape index (κ1) is 14.2. The van der Waals surface area contributed by atoms with E-state index in [4.69, 9.17) is 0 Å². The molecule has 1 aromatic carbocycles. The van der Waals surface area contributed by atoms with Crippen LogP contribution in [0.1, 0.15) is 42.6 Å². The predicted octanol–water partition coefficient (Wildman–Crippen LogP) is 3.07. The van der Waals surface area contributed by atoms with Crippen LogP contribution in [-0.2, 0) is 0 Å². The van der Waals surface area contributed by atoms with Crippen molar-refractivity contribution in [2.24, 2.45) is 0 Å². The summed E-state index contributed by atoms with van der Waals surface area (Å²) in [7, 11) is 2.11. The first-order valence-corrected chi connectivity index (χ1v) is 6.47. The van der Waals surface area contributed by atoms with Crippen molar-refractivity contribution in [3.63, 3.8) is 0 Å². The molecule has 0 aliphatic rings. The molecule has 0 saturated carbocycles. The minimum atomic E-state index is -0.340. The van der Waals surface area contributed by atoms with Gasteiger partial charge in [0.1, 0.15) is 0 Å². The molecule has 0 heterocycles. The number of rotatable bonds is 6. The maximum absolute atomic E-state index is 10.2. The van der Waals surface area contributed by atoms with Crippen LogP contribution in [0.2, 0.25) is 0 Å². The van der Waals surface area contributed by atoms with Gasteiger partial charge in [-0.2, -0.15) is 0 Å². The molecule has 0 aromatic heterocycles. The van der Waals surface area contributed by atoms with Crippen LogP contribution >= 0.6 is 0 Å². The van der Waals surface area contributed by atoms with Gasteiger partial charge in [-0.15, -0.1) is 0 Å². The zero-order valence-corrected chi connectivity index (χ0v) is 11.5. The Morgan fingerprint density at radius 1 is 1.12 bits per heavy atom. The smallest absolute Gasteiger partial charge is 0.0802 e. The number of aliphatic hydroxyl groups excluding tert-OH is 1. The van der Waals surface area contributed by atoms with E-state index in [1.807, 2.05) is 0 Å². The third kappa shape index (κ3) is 4.88. The van der Waals surface area contributed by atoms with Crippen LogP contribution in [0, 0.1) is 13.8 Å². The summed E-state index contributed by atoms with van der Waals surface area (Å²) in [6, 6.07) is 6.30. The Kier molecular flexibility index (Phi) is 5.66. The molecular formula is C15H25NO. The van der Waals surface area contributed by atoms with E-state index in [2.05, 4.69) is 50.9 Å². The molecule has 1 atom stereocenters. The standard InChI is InChI=1S/C15H25NO/c1-5-7-16(4)8-6-15(17)14-10-12(2)9-13(3)11-14/h9-11,15,17H,5-8H2,1-4H3. The van der Waals surface area contributed by atoms with Crippen LogP contribution < -0.4 is 0 Å². The second-order valence-corrected chi connectivity index (χ2v) is 5.03. The van der Waals surface area contributed by atoms with Gasteiger partial charge in [0.05, 0.1) is 6.10 Å². The minimum absolute atomic E-state index is 0.340. The van der Waals surface area contributed by atoms with Crippen molar-refractivity contribution >= 4 is 0 Å². The van der Waals surface area contributed by atoms with Gasteiger partial charge in [0.15, 0.2) is 0 Å². The molecule has 2 nitrogen and oxygen atoms in total. The molecule has 0 saturated heterocycles. The maximum atomic E-state index is 10.2. The Hall–Kier alpha value is -0.860. The molecule has 0 bridgehead atoms. The van der Waals surface area contributed by atoms with Crippen molar-refractivity contribution in [2.75, 3.05) is 20.1 Å². The highest BCUT2D eigenvalue weighted by molar-refractivity contribution is 5.29. The molecule has 2 heteroatoms. The van der Waals surface area contributed by atoms with Gasteiger partial charge in [0.25, 0.3) is 0 Å². The topological polar surface area (TPSA) is 23.5 Å². The molecular weight excluding hydrogens is 210 g/mol. The van der Waals surface area contributed by atoms with Crippen molar-refractivity contribution in [1.29, 1.82) is 0 Å². The molecule has 96 valence electrons. The average Bonchev–Trinajstić information content (AvgIpc) is 2.25. The van der Waals surface area contributed by atoms with E-state index in [0.29, 0.717) is 0 Å². The van der Waals surface area contributed by atoms with Crippen molar-refractivity contribution in [3.05, 3.63) is 34.9 Å². The lowest BCUT2D eigenvalue weighted by Crippen LogP contribution is -2.22. The lowest BCUT2D eigenvalue weighted by molar-refractivity contribution is 0.149. The molecule has 1 N–H and O–H groups in total. The van der Waals surface area contributed by atoms with Crippen molar-refractivity contribution < 1.29 is 5.11 Å². The number of hydrogen-bond acceptors (Lipinski definition) is 2. The summed E-state index contributed by atoms with van der Waals surface area (Å²) in [4.78, 5) is 2.27. The monoisotopic (exact) mass is 235 g/mol. The Balaban J connectivity index is 2.54. The zero-order valence-electron chi connectivity index (χ0n) is 11.5. The SMILES string of the molecule is CCCN(C)CCC(O)c1cc(C)cc(C)c1. The fourth-order valence-corrected chi connectivity index (χ4v) is 2.21. The fraction of sp³-hybridized carbons (Fsp3) is 0.600. The van der Waals surface area contributed by atoms with Crippen molar-refractivity contribution in [2.45, 2.75) is 39.7 Å². The van der Waals surface area contributed by atoms with Crippen LogP contribution in [0.15, 0.2) is 18.2 Å². The van der Waals surface area contributed by atoms with Gasteiger partial charge in [0, 0.05) is 6.54 Å². The van der Waals surface area contributed by atoms with E-state index in [1.54, 1.807) is 0 Å². The first-order valence-electron chi connectivity index (χ1n) is 6.47. The lowest BCUT2D eigenvalue weighted by Gasteiger charge is -2.18. The van der Waals surface area contributed by atoms with E-state index < -0.39 is 0 Å². The van der Waals surface area contributed by atoms with Crippen molar-refractivity contribution in [1.82, 2.24) is 4.90 Å². The van der Waals surface area contributed by atoms with Gasteiger partial charge in [-0.05, 0) is 45.8 Å². The third-order valence-corrected chi connectivity index (χ3v) is 3.02. The fourth-order valence-electron chi connectivity index (χ4n) is 2.21. The number of aliphatic hydroxyl groups is 1. The van der Waals surface area contributed by atoms with E-state index in [0.717, 1.165) is 31.5 Å². The summed E-state index contributed by atoms with van der Waals surface area (Å²) in [6.45, 7) is 8.37. The Bertz CT molecular complexity index is 329. The van der Waals surface area contributed by atoms with Crippen LogP contribution in [0.3, 0.4) is 0 Å². The Morgan fingerprint density at radius 3 is 2.24 bits per heavy atom. The number of hydrogen-bond donors (Lipinski definition) is 1. The van der Waals surface area contributed by atoms with E-state index in [1.165, 1.54) is 11.1 Å². The molecule has 1 aromatic rings. The number of benzene rings is 1. The second-order valence-electron chi connectivity index (χ2n) is 5.03. The number of nitrogens with zero attached hydrogens (tertiary/aromatic N) is 1. The summed E-state index contributed by atoms with van der Waals surface area (Å²) in [6.07, 6.45) is 1.63. The average molecular weight is 235 g/mol. The highest BCUT2D eigenvalue weighted by Gasteiger charge is 2.09. The van der Waals surface area contributed by atoms with Crippen LogP contribution in [-0.4, -0.2) is 30.1 Å². The molecule has 17 heavy (non-hydrogen) atoms. The summed E-state index contributed by atoms with van der Waals surface area (Å²) in [5.74, 6) is 0. The molecule has 0 radical (unpaired) electrons. The third-order valence-electron chi connectivity index (χ3n) is 3.02. The molecule has 0 amide bonds. The molecule has 0 fully saturated rings. The highest BCUT2D eigenvalue weighted by Crippen LogP contribution is 2.19. The summed E-state index contributed by atoms with van der Waals surface area (Å²) in [5.41, 5.74) is 3.49. The van der Waals surface area contributed by atoms with Crippen LogP contribution in [0.5, 0.6) is 0 Å². The highest BCUT2D eigenvalue weighted by atomic mass is 16.3. The van der Waals surface area contributed by atoms with E-state index in [-0.39, 0.29) is 6.10 Å². The molecule has 0 aliphatic carbocycles. The van der Waals surface area contributed by atoms with Crippen molar-refractivity contribution in [3.8, 4) is 0 Å².